The Kier molecular flexibility index (Phi) is 5.58. The summed E-state index contributed by atoms with van der Waals surface area (Å²) in [5.41, 5.74) is 5.80. The maximum Gasteiger partial charge on any atom is 0.0468 e. The predicted molar refractivity (Wildman–Crippen MR) is 152 cm³/mol. The predicted octanol–water partition coefficient (Wildman–Crippen LogP) is 9.63. The molecule has 0 radical (unpaired) electrons. The van der Waals surface area contributed by atoms with Crippen molar-refractivity contribution in [2.45, 2.75) is 0 Å². The molecule has 0 saturated heterocycles. The minimum atomic E-state index is 1.13. The van der Waals surface area contributed by atoms with Crippen LogP contribution >= 0.6 is 0 Å². The van der Waals surface area contributed by atoms with Crippen LogP contribution in [0.5, 0.6) is 0 Å². The van der Waals surface area contributed by atoms with E-state index in [0.29, 0.717) is 0 Å². The highest BCUT2D eigenvalue weighted by atomic mass is 15.1. The van der Waals surface area contributed by atoms with Gasteiger partial charge in [0.05, 0.1) is 0 Å². The van der Waals surface area contributed by atoms with Gasteiger partial charge in [-0.1, -0.05) is 115 Å². The number of nitrogens with zero attached hydrogens (tertiary/aromatic N) is 1. The summed E-state index contributed by atoms with van der Waals surface area (Å²) in [5, 5.41) is 4.96. The van der Waals surface area contributed by atoms with Gasteiger partial charge in [0, 0.05) is 17.1 Å². The molecule has 0 bridgehead atoms. The topological polar surface area (TPSA) is 3.24 Å². The van der Waals surface area contributed by atoms with Gasteiger partial charge in [0.15, 0.2) is 0 Å². The van der Waals surface area contributed by atoms with Gasteiger partial charge in [0.2, 0.25) is 0 Å². The number of rotatable bonds is 5. The molecule has 0 unspecified atom stereocenters. The lowest BCUT2D eigenvalue weighted by molar-refractivity contribution is 1.29. The summed E-state index contributed by atoms with van der Waals surface area (Å²) in [6.45, 7) is 0. The van der Waals surface area contributed by atoms with Gasteiger partial charge in [-0.15, -0.1) is 0 Å². The zero-order valence-electron chi connectivity index (χ0n) is 19.4. The lowest BCUT2D eigenvalue weighted by Crippen LogP contribution is -2.09. The Labute approximate surface area is 206 Å². The summed E-state index contributed by atoms with van der Waals surface area (Å²) >= 11 is 0. The van der Waals surface area contributed by atoms with Crippen LogP contribution in [0.4, 0.5) is 17.1 Å². The number of anilines is 3. The van der Waals surface area contributed by atoms with Crippen LogP contribution in [0.1, 0.15) is 11.1 Å². The molecule has 0 spiro atoms. The first kappa shape index (κ1) is 20.9. The van der Waals surface area contributed by atoms with Gasteiger partial charge in [0.25, 0.3) is 0 Å². The molecule has 0 N–H and O–H groups in total. The third-order valence-electron chi connectivity index (χ3n) is 6.40. The lowest BCUT2D eigenvalue weighted by Gasteiger charge is -2.26. The zero-order valence-corrected chi connectivity index (χ0v) is 19.4. The number of hydrogen-bond acceptors (Lipinski definition) is 1. The van der Waals surface area contributed by atoms with Crippen molar-refractivity contribution in [2.24, 2.45) is 0 Å². The summed E-state index contributed by atoms with van der Waals surface area (Å²) in [7, 11) is 0. The molecule has 0 aliphatic carbocycles. The van der Waals surface area contributed by atoms with Crippen molar-refractivity contribution in [1.29, 1.82) is 0 Å². The first-order valence-electron chi connectivity index (χ1n) is 11.9. The molecular weight excluding hydrogens is 422 g/mol. The van der Waals surface area contributed by atoms with Crippen LogP contribution in [0.15, 0.2) is 140 Å². The molecule has 6 rings (SSSR count). The summed E-state index contributed by atoms with van der Waals surface area (Å²) in [5.74, 6) is 0. The Bertz CT molecular complexity index is 1550. The molecule has 166 valence electrons. The minimum Gasteiger partial charge on any atom is -0.310 e. The van der Waals surface area contributed by atoms with Crippen LogP contribution in [0, 0.1) is 0 Å². The highest BCUT2D eigenvalue weighted by Gasteiger charge is 2.13. The van der Waals surface area contributed by atoms with E-state index >= 15 is 0 Å². The average Bonchev–Trinajstić information content (AvgIpc) is 2.93. The fraction of sp³-hybridized carbons (Fsp3) is 0. The van der Waals surface area contributed by atoms with E-state index in [1.165, 1.54) is 32.7 Å². The van der Waals surface area contributed by atoms with E-state index in [2.05, 4.69) is 151 Å². The van der Waals surface area contributed by atoms with E-state index in [-0.39, 0.29) is 0 Å². The Morgan fingerprint density at radius 3 is 1.31 bits per heavy atom. The molecule has 6 aromatic carbocycles. The van der Waals surface area contributed by atoms with Crippen molar-refractivity contribution in [2.75, 3.05) is 4.90 Å². The lowest BCUT2D eigenvalue weighted by atomic mass is 10.1. The van der Waals surface area contributed by atoms with Gasteiger partial charge < -0.3 is 4.90 Å². The second-order valence-electron chi connectivity index (χ2n) is 8.73. The standard InChI is InChI=1S/C34H25N/c1-2-8-26(9-3-1)14-15-27-16-20-32(21-17-27)35(33-22-18-28-10-4-6-12-30(28)24-33)34-23-19-29-11-5-7-13-31(29)25-34/h1-25H/b15-14+. The quantitative estimate of drug-likeness (QED) is 0.238. The van der Waals surface area contributed by atoms with E-state index in [1.54, 1.807) is 0 Å². The van der Waals surface area contributed by atoms with Crippen LogP contribution in [0.2, 0.25) is 0 Å². The number of benzene rings is 6. The number of fused-ring (bicyclic) bond motifs is 2. The maximum atomic E-state index is 2.34. The normalized spacial score (nSPS) is 11.3. The molecule has 0 atom stereocenters. The van der Waals surface area contributed by atoms with Crippen molar-refractivity contribution in [3.8, 4) is 0 Å². The third-order valence-corrected chi connectivity index (χ3v) is 6.40. The molecule has 0 fully saturated rings. The molecule has 6 aromatic rings. The van der Waals surface area contributed by atoms with E-state index in [0.717, 1.165) is 17.1 Å². The molecule has 0 amide bonds. The van der Waals surface area contributed by atoms with E-state index < -0.39 is 0 Å². The summed E-state index contributed by atoms with van der Waals surface area (Å²) < 4.78 is 0. The number of hydrogen-bond donors (Lipinski definition) is 0. The Morgan fingerprint density at radius 1 is 0.343 bits per heavy atom. The van der Waals surface area contributed by atoms with Gasteiger partial charge in [-0.2, -0.15) is 0 Å². The highest BCUT2D eigenvalue weighted by Crippen LogP contribution is 2.37. The van der Waals surface area contributed by atoms with Crippen LogP contribution in [-0.4, -0.2) is 0 Å². The van der Waals surface area contributed by atoms with Crippen molar-refractivity contribution in [3.63, 3.8) is 0 Å². The monoisotopic (exact) mass is 447 g/mol. The molecule has 35 heavy (non-hydrogen) atoms. The zero-order chi connectivity index (χ0) is 23.5. The van der Waals surface area contributed by atoms with Gasteiger partial charge in [0.1, 0.15) is 0 Å². The average molecular weight is 448 g/mol. The minimum absolute atomic E-state index is 1.13. The molecule has 1 heteroatoms. The van der Waals surface area contributed by atoms with Crippen LogP contribution < -0.4 is 4.90 Å². The van der Waals surface area contributed by atoms with Crippen LogP contribution in [-0.2, 0) is 0 Å². The molecule has 0 aromatic heterocycles. The van der Waals surface area contributed by atoms with Gasteiger partial charge >= 0.3 is 0 Å². The van der Waals surface area contributed by atoms with E-state index in [1.807, 2.05) is 6.07 Å². The second kappa shape index (κ2) is 9.32. The van der Waals surface area contributed by atoms with E-state index in [4.69, 9.17) is 0 Å². The second-order valence-corrected chi connectivity index (χ2v) is 8.73. The first-order chi connectivity index (χ1) is 17.3. The van der Waals surface area contributed by atoms with Crippen molar-refractivity contribution >= 4 is 50.8 Å². The SMILES string of the molecule is C(=C\c1ccc(N(c2ccc3ccccc3c2)c2ccc3ccccc3c2)cc1)/c1ccccc1. The maximum absolute atomic E-state index is 2.34. The first-order valence-corrected chi connectivity index (χ1v) is 11.9. The fourth-order valence-electron chi connectivity index (χ4n) is 4.57. The van der Waals surface area contributed by atoms with Crippen molar-refractivity contribution in [1.82, 2.24) is 0 Å². The Morgan fingerprint density at radius 2 is 0.771 bits per heavy atom. The Balaban J connectivity index is 1.42. The van der Waals surface area contributed by atoms with Crippen molar-refractivity contribution in [3.05, 3.63) is 151 Å². The van der Waals surface area contributed by atoms with Gasteiger partial charge in [-0.25, -0.2) is 0 Å². The van der Waals surface area contributed by atoms with Crippen LogP contribution in [0.3, 0.4) is 0 Å². The van der Waals surface area contributed by atoms with E-state index in [9.17, 15) is 0 Å². The third kappa shape index (κ3) is 4.45. The smallest absolute Gasteiger partial charge is 0.0468 e. The van der Waals surface area contributed by atoms with Gasteiger partial charge in [-0.05, 0) is 69.1 Å². The van der Waals surface area contributed by atoms with Crippen LogP contribution in [0.25, 0.3) is 33.7 Å². The van der Waals surface area contributed by atoms with Gasteiger partial charge in [-0.3, -0.25) is 0 Å². The summed E-state index contributed by atoms with van der Waals surface area (Å²) in [4.78, 5) is 2.34. The fourth-order valence-corrected chi connectivity index (χ4v) is 4.57. The highest BCUT2D eigenvalue weighted by molar-refractivity contribution is 5.92. The Hall–Kier alpha value is -4.62. The molecule has 0 saturated carbocycles. The largest absolute Gasteiger partial charge is 0.310 e. The molecule has 1 nitrogen and oxygen atoms in total. The van der Waals surface area contributed by atoms with Crippen molar-refractivity contribution < 1.29 is 0 Å². The summed E-state index contributed by atoms with van der Waals surface area (Å²) in [6.07, 6.45) is 4.31. The molecular formula is C34H25N. The molecule has 0 aliphatic heterocycles. The molecule has 0 heterocycles. The summed E-state index contributed by atoms with van der Waals surface area (Å²) in [6, 6.07) is 49.6. The molecule has 0 aliphatic rings.